The Kier molecular flexibility index (Phi) is 4.84. The maximum absolute atomic E-state index is 13.0. The summed E-state index contributed by atoms with van der Waals surface area (Å²) in [7, 11) is 3.17. The zero-order chi connectivity index (χ0) is 18.8. The van der Waals surface area contributed by atoms with Gasteiger partial charge in [-0.3, -0.25) is 4.79 Å². The third-order valence-electron chi connectivity index (χ3n) is 4.83. The lowest BCUT2D eigenvalue weighted by atomic mass is 9.92. The number of amides is 1. The van der Waals surface area contributed by atoms with Gasteiger partial charge in [0.1, 0.15) is 0 Å². The first-order chi connectivity index (χ1) is 12.5. The summed E-state index contributed by atoms with van der Waals surface area (Å²) in [4.78, 5) is 26.2. The Morgan fingerprint density at radius 3 is 2.31 bits per heavy atom. The molecule has 3 rings (SSSR count). The van der Waals surface area contributed by atoms with E-state index in [1.54, 1.807) is 37.3 Å². The molecule has 26 heavy (non-hydrogen) atoms. The Bertz CT molecular complexity index is 861. The molecule has 1 heterocycles. The maximum Gasteiger partial charge on any atom is 0.336 e. The van der Waals surface area contributed by atoms with Crippen LogP contribution in [0.15, 0.2) is 36.4 Å². The molecular formula is C20H21NO5. The number of carboxylic acid groups (broad SMARTS) is 1. The molecule has 1 N–H and O–H groups in total. The van der Waals surface area contributed by atoms with Crippen molar-refractivity contribution in [3.05, 3.63) is 58.7 Å². The van der Waals surface area contributed by atoms with E-state index < -0.39 is 5.97 Å². The lowest BCUT2D eigenvalue weighted by molar-refractivity contribution is 0.0643. The van der Waals surface area contributed by atoms with Gasteiger partial charge in [0.25, 0.3) is 5.91 Å². The highest BCUT2D eigenvalue weighted by Gasteiger charge is 2.31. The van der Waals surface area contributed by atoms with Gasteiger partial charge in [0.05, 0.1) is 31.4 Å². The zero-order valence-electron chi connectivity index (χ0n) is 15.0. The summed E-state index contributed by atoms with van der Waals surface area (Å²) in [6, 6.07) is 9.93. The lowest BCUT2D eigenvalue weighted by Crippen LogP contribution is -2.39. The Hall–Kier alpha value is -3.02. The van der Waals surface area contributed by atoms with Gasteiger partial charge in [-0.25, -0.2) is 4.79 Å². The molecule has 0 aromatic heterocycles. The van der Waals surface area contributed by atoms with Crippen LogP contribution in [0.4, 0.5) is 0 Å². The summed E-state index contributed by atoms with van der Waals surface area (Å²) in [6.07, 6.45) is 0.668. The van der Waals surface area contributed by atoms with Crippen molar-refractivity contribution in [3.63, 3.8) is 0 Å². The fourth-order valence-electron chi connectivity index (χ4n) is 3.43. The molecule has 0 spiro atoms. The number of carbonyl (C=O) groups excluding carboxylic acids is 1. The van der Waals surface area contributed by atoms with Crippen molar-refractivity contribution in [1.82, 2.24) is 4.90 Å². The van der Waals surface area contributed by atoms with Gasteiger partial charge in [0, 0.05) is 6.54 Å². The Labute approximate surface area is 152 Å². The van der Waals surface area contributed by atoms with Gasteiger partial charge in [0.15, 0.2) is 11.5 Å². The summed E-state index contributed by atoms with van der Waals surface area (Å²) in [6.45, 7) is 2.45. The Morgan fingerprint density at radius 2 is 1.69 bits per heavy atom. The number of hydrogen-bond acceptors (Lipinski definition) is 4. The molecule has 1 aliphatic heterocycles. The second-order valence-corrected chi connectivity index (χ2v) is 6.18. The highest BCUT2D eigenvalue weighted by atomic mass is 16.5. The molecule has 0 saturated heterocycles. The normalized spacial score (nSPS) is 16.0. The molecule has 0 saturated carbocycles. The van der Waals surface area contributed by atoms with E-state index in [0.717, 1.165) is 11.1 Å². The molecule has 0 radical (unpaired) electrons. The van der Waals surface area contributed by atoms with Crippen LogP contribution in [-0.2, 0) is 6.42 Å². The molecule has 1 atom stereocenters. The van der Waals surface area contributed by atoms with Crippen molar-refractivity contribution < 1.29 is 24.2 Å². The van der Waals surface area contributed by atoms with Crippen molar-refractivity contribution in [3.8, 4) is 11.5 Å². The highest BCUT2D eigenvalue weighted by Crippen LogP contribution is 2.38. The first-order valence-electron chi connectivity index (χ1n) is 8.36. The largest absolute Gasteiger partial charge is 0.493 e. The summed E-state index contributed by atoms with van der Waals surface area (Å²) in [5.74, 6) is -0.117. The standard InChI is InChI=1S/C20H21NO5/c1-12-16-11-18(26-3)17(25-2)10-13(16)8-9-21(12)19(22)14-6-4-5-7-15(14)20(23)24/h4-7,10-12H,8-9H2,1-3H3,(H,23,24)/t12-/m0/s1. The molecule has 0 bridgehead atoms. The molecule has 2 aromatic carbocycles. The third kappa shape index (κ3) is 2.98. The first kappa shape index (κ1) is 17.8. The van der Waals surface area contributed by atoms with Crippen molar-refractivity contribution in [2.24, 2.45) is 0 Å². The first-order valence-corrected chi connectivity index (χ1v) is 8.36. The summed E-state index contributed by atoms with van der Waals surface area (Å²) in [5, 5.41) is 9.36. The van der Waals surface area contributed by atoms with Crippen molar-refractivity contribution >= 4 is 11.9 Å². The molecule has 2 aromatic rings. The summed E-state index contributed by atoms with van der Waals surface area (Å²) >= 11 is 0. The van der Waals surface area contributed by atoms with E-state index in [0.29, 0.717) is 24.5 Å². The van der Waals surface area contributed by atoms with Gasteiger partial charge in [-0.1, -0.05) is 12.1 Å². The number of aromatic carboxylic acids is 1. The SMILES string of the molecule is COc1cc2c(cc1OC)[C@H](C)N(C(=O)c1ccccc1C(=O)O)CC2. The second-order valence-electron chi connectivity index (χ2n) is 6.18. The number of carboxylic acids is 1. The van der Waals surface area contributed by atoms with Crippen LogP contribution in [0.2, 0.25) is 0 Å². The number of rotatable bonds is 4. The summed E-state index contributed by atoms with van der Waals surface area (Å²) < 4.78 is 10.7. The van der Waals surface area contributed by atoms with Crippen LogP contribution in [0.5, 0.6) is 11.5 Å². The van der Waals surface area contributed by atoms with Gasteiger partial charge >= 0.3 is 5.97 Å². The van der Waals surface area contributed by atoms with Gasteiger partial charge in [0.2, 0.25) is 0 Å². The fourth-order valence-corrected chi connectivity index (χ4v) is 3.43. The summed E-state index contributed by atoms with van der Waals surface area (Å²) in [5.41, 5.74) is 2.30. The van der Waals surface area contributed by atoms with E-state index in [2.05, 4.69) is 0 Å². The number of hydrogen-bond donors (Lipinski definition) is 1. The minimum atomic E-state index is -1.11. The van der Waals surface area contributed by atoms with Gasteiger partial charge in [-0.15, -0.1) is 0 Å². The van der Waals surface area contributed by atoms with Crippen molar-refractivity contribution in [2.75, 3.05) is 20.8 Å². The molecule has 1 aliphatic rings. The van der Waals surface area contributed by atoms with E-state index in [4.69, 9.17) is 9.47 Å². The van der Waals surface area contributed by atoms with Crippen molar-refractivity contribution in [2.45, 2.75) is 19.4 Å². The number of nitrogens with zero attached hydrogens (tertiary/aromatic N) is 1. The zero-order valence-corrected chi connectivity index (χ0v) is 15.0. The van der Waals surface area contributed by atoms with Crippen LogP contribution < -0.4 is 9.47 Å². The molecule has 0 unspecified atom stereocenters. The molecule has 6 nitrogen and oxygen atoms in total. The monoisotopic (exact) mass is 355 g/mol. The van der Waals surface area contributed by atoms with Crippen molar-refractivity contribution in [1.29, 1.82) is 0 Å². The van der Waals surface area contributed by atoms with Crippen LogP contribution in [0.25, 0.3) is 0 Å². The van der Waals surface area contributed by atoms with E-state index >= 15 is 0 Å². The lowest BCUT2D eigenvalue weighted by Gasteiger charge is -2.36. The van der Waals surface area contributed by atoms with Crippen LogP contribution in [0.3, 0.4) is 0 Å². The average molecular weight is 355 g/mol. The quantitative estimate of drug-likeness (QED) is 0.912. The van der Waals surface area contributed by atoms with Crippen LogP contribution in [-0.4, -0.2) is 42.6 Å². The number of benzene rings is 2. The van der Waals surface area contributed by atoms with Gasteiger partial charge < -0.3 is 19.5 Å². The van der Waals surface area contributed by atoms with Gasteiger partial charge in [-0.2, -0.15) is 0 Å². The highest BCUT2D eigenvalue weighted by molar-refractivity contribution is 6.05. The van der Waals surface area contributed by atoms with E-state index in [1.807, 2.05) is 19.1 Å². The number of methoxy groups -OCH3 is 2. The van der Waals surface area contributed by atoms with Crippen LogP contribution in [0, 0.1) is 0 Å². The topological polar surface area (TPSA) is 76.1 Å². The van der Waals surface area contributed by atoms with Gasteiger partial charge in [-0.05, 0) is 48.7 Å². The van der Waals surface area contributed by atoms with E-state index in [1.165, 1.54) is 6.07 Å². The molecule has 6 heteroatoms. The minimum absolute atomic E-state index is 0.0165. The smallest absolute Gasteiger partial charge is 0.336 e. The third-order valence-corrected chi connectivity index (χ3v) is 4.83. The van der Waals surface area contributed by atoms with E-state index in [-0.39, 0.29) is 23.1 Å². The van der Waals surface area contributed by atoms with E-state index in [9.17, 15) is 14.7 Å². The Balaban J connectivity index is 1.98. The minimum Gasteiger partial charge on any atom is -0.493 e. The molecular weight excluding hydrogens is 334 g/mol. The molecule has 136 valence electrons. The van der Waals surface area contributed by atoms with Crippen LogP contribution in [0.1, 0.15) is 44.8 Å². The number of ether oxygens (including phenoxy) is 2. The molecule has 0 aliphatic carbocycles. The fraction of sp³-hybridized carbons (Fsp3) is 0.300. The maximum atomic E-state index is 13.0. The average Bonchev–Trinajstić information content (AvgIpc) is 2.66. The number of carbonyl (C=O) groups is 2. The Morgan fingerprint density at radius 1 is 1.08 bits per heavy atom. The number of fused-ring (bicyclic) bond motifs is 1. The second kappa shape index (κ2) is 7.07. The predicted molar refractivity (Wildman–Crippen MR) is 96.1 cm³/mol. The van der Waals surface area contributed by atoms with Crippen LogP contribution >= 0.6 is 0 Å². The molecule has 1 amide bonds. The predicted octanol–water partition coefficient (Wildman–Crippen LogP) is 3.16. The molecule has 0 fully saturated rings.